The highest BCUT2D eigenvalue weighted by Gasteiger charge is 2.23. The molecule has 0 bridgehead atoms. The van der Waals surface area contributed by atoms with Gasteiger partial charge in [-0.3, -0.25) is 0 Å². The van der Waals surface area contributed by atoms with Crippen molar-refractivity contribution < 1.29 is 5.02 Å². The van der Waals surface area contributed by atoms with Gasteiger partial charge in [0.2, 0.25) is 5.95 Å². The molecule has 7 nitrogen and oxygen atoms in total. The van der Waals surface area contributed by atoms with Crippen molar-refractivity contribution in [1.82, 2.24) is 19.3 Å². The van der Waals surface area contributed by atoms with Crippen molar-refractivity contribution in [3.05, 3.63) is 54.7 Å². The summed E-state index contributed by atoms with van der Waals surface area (Å²) in [5.41, 5.74) is 4.48. The van der Waals surface area contributed by atoms with Crippen LogP contribution in [0.3, 0.4) is 0 Å². The molecule has 2 aromatic heterocycles. The second-order valence-electron chi connectivity index (χ2n) is 9.94. The molecule has 35 heavy (non-hydrogen) atoms. The maximum Gasteiger partial charge on any atom is 0.376 e. The molecule has 2 fully saturated rings. The molecule has 2 aliphatic rings. The number of nitrogens with zero attached hydrogens (tertiary/aromatic N) is 5. The summed E-state index contributed by atoms with van der Waals surface area (Å²) in [7, 11) is -0.377. The van der Waals surface area contributed by atoms with E-state index in [1.807, 2.05) is 13.0 Å². The number of anilines is 3. The van der Waals surface area contributed by atoms with Crippen LogP contribution in [0.1, 0.15) is 38.1 Å². The minimum absolute atomic E-state index is 0.377. The van der Waals surface area contributed by atoms with Crippen LogP contribution in [-0.4, -0.2) is 57.6 Å². The third kappa shape index (κ3) is 4.37. The summed E-state index contributed by atoms with van der Waals surface area (Å²) in [6, 6.07) is 17.6. The number of aromatic nitrogens is 3. The van der Waals surface area contributed by atoms with Crippen LogP contribution in [0.15, 0.2) is 54.7 Å². The normalized spacial score (nSPS) is 17.8. The van der Waals surface area contributed by atoms with Gasteiger partial charge >= 0.3 is 7.05 Å². The molecular formula is C27H33BN6O. The molecule has 8 heteroatoms. The van der Waals surface area contributed by atoms with E-state index in [0.717, 1.165) is 42.9 Å². The van der Waals surface area contributed by atoms with Crippen LogP contribution >= 0.6 is 0 Å². The average molecular weight is 468 g/mol. The molecule has 6 rings (SSSR count). The number of hydrogen-bond acceptors (Lipinski definition) is 6. The highest BCUT2D eigenvalue weighted by atomic mass is 16.2. The summed E-state index contributed by atoms with van der Waals surface area (Å²) in [5, 5.41) is 15.6. The first kappa shape index (κ1) is 22.4. The number of piperazine rings is 1. The lowest BCUT2D eigenvalue weighted by Gasteiger charge is -2.36. The number of fused-ring (bicyclic) bond motifs is 3. The number of benzene rings is 2. The first-order chi connectivity index (χ1) is 17.2. The Morgan fingerprint density at radius 1 is 0.914 bits per heavy atom. The zero-order chi connectivity index (χ0) is 23.8. The first-order valence-electron chi connectivity index (χ1n) is 13.0. The van der Waals surface area contributed by atoms with Gasteiger partial charge in [0.05, 0.1) is 5.52 Å². The third-order valence-electron chi connectivity index (χ3n) is 7.72. The van der Waals surface area contributed by atoms with Gasteiger partial charge in [-0.25, -0.2) is 4.98 Å². The molecule has 0 radical (unpaired) electrons. The van der Waals surface area contributed by atoms with E-state index < -0.39 is 0 Å². The van der Waals surface area contributed by atoms with E-state index in [9.17, 15) is 5.02 Å². The topological polar surface area (TPSA) is 69.5 Å². The van der Waals surface area contributed by atoms with Crippen LogP contribution in [0.4, 0.5) is 17.3 Å². The molecule has 1 aliphatic carbocycles. The summed E-state index contributed by atoms with van der Waals surface area (Å²) in [6.07, 6.45) is 8.31. The van der Waals surface area contributed by atoms with Crippen molar-refractivity contribution in [2.75, 3.05) is 36.4 Å². The fourth-order valence-electron chi connectivity index (χ4n) is 5.78. The van der Waals surface area contributed by atoms with Gasteiger partial charge in [0, 0.05) is 60.6 Å². The van der Waals surface area contributed by atoms with Crippen LogP contribution in [-0.2, 0) is 0 Å². The molecule has 3 heterocycles. The van der Waals surface area contributed by atoms with E-state index in [0.29, 0.717) is 12.0 Å². The molecule has 2 aromatic carbocycles. The minimum Gasteiger partial charge on any atom is -0.437 e. The van der Waals surface area contributed by atoms with Gasteiger partial charge < -0.3 is 24.6 Å². The highest BCUT2D eigenvalue weighted by molar-refractivity contribution is 6.45. The van der Waals surface area contributed by atoms with Crippen LogP contribution in [0, 0.1) is 0 Å². The average Bonchev–Trinajstić information content (AvgIpc) is 3.23. The van der Waals surface area contributed by atoms with E-state index in [-0.39, 0.29) is 7.05 Å². The van der Waals surface area contributed by atoms with Crippen molar-refractivity contribution in [3.8, 4) is 0 Å². The van der Waals surface area contributed by atoms with Crippen LogP contribution < -0.4 is 10.2 Å². The summed E-state index contributed by atoms with van der Waals surface area (Å²) in [4.78, 5) is 14.2. The van der Waals surface area contributed by atoms with E-state index in [1.54, 1.807) is 0 Å². The van der Waals surface area contributed by atoms with Gasteiger partial charge in [-0.15, -0.1) is 0 Å². The summed E-state index contributed by atoms with van der Waals surface area (Å²) >= 11 is 0. The van der Waals surface area contributed by atoms with Crippen molar-refractivity contribution >= 4 is 46.3 Å². The predicted octanol–water partition coefficient (Wildman–Crippen LogP) is 5.07. The third-order valence-corrected chi connectivity index (χ3v) is 7.72. The molecule has 180 valence electrons. The van der Waals surface area contributed by atoms with Gasteiger partial charge in [-0.2, -0.15) is 4.98 Å². The fourth-order valence-corrected chi connectivity index (χ4v) is 5.78. The Kier molecular flexibility index (Phi) is 6.08. The lowest BCUT2D eigenvalue weighted by Crippen LogP contribution is -2.51. The van der Waals surface area contributed by atoms with Crippen LogP contribution in [0.25, 0.3) is 21.9 Å². The van der Waals surface area contributed by atoms with E-state index in [1.165, 1.54) is 48.7 Å². The molecule has 0 unspecified atom stereocenters. The molecule has 2 N–H and O–H groups in total. The lowest BCUT2D eigenvalue weighted by molar-refractivity contribution is 0.344. The number of para-hydroxylation sites is 1. The summed E-state index contributed by atoms with van der Waals surface area (Å²) in [6.45, 7) is 5.43. The quantitative estimate of drug-likeness (QED) is 0.399. The second kappa shape index (κ2) is 9.51. The Morgan fingerprint density at radius 2 is 1.66 bits per heavy atom. The van der Waals surface area contributed by atoms with Crippen molar-refractivity contribution in [2.24, 2.45) is 0 Å². The number of nitrogens with one attached hydrogen (secondary N) is 1. The van der Waals surface area contributed by atoms with Crippen molar-refractivity contribution in [2.45, 2.75) is 45.0 Å². The van der Waals surface area contributed by atoms with Crippen molar-refractivity contribution in [3.63, 3.8) is 0 Å². The molecule has 4 aromatic rings. The molecule has 1 saturated carbocycles. The zero-order valence-corrected chi connectivity index (χ0v) is 20.4. The standard InChI is InChI=1S/C27H33BN6O/c1-28(35)33-17-15-32(16-18-33)21-13-11-20(12-14-21)30-27-29-19-24-23-9-5-6-10-25(23)34(26(24)31-27)22-7-3-2-4-8-22/h5-6,9-14,19,22,35H,2-4,7-8,15-18H2,1H3,(H,29,30,31). The fraction of sp³-hybridized carbons (Fsp3) is 0.407. The second-order valence-corrected chi connectivity index (χ2v) is 9.94. The van der Waals surface area contributed by atoms with Crippen LogP contribution in [0.2, 0.25) is 6.82 Å². The van der Waals surface area contributed by atoms with Gasteiger partial charge in [-0.05, 0) is 50.0 Å². The van der Waals surface area contributed by atoms with Gasteiger partial charge in [0.25, 0.3) is 0 Å². The monoisotopic (exact) mass is 468 g/mol. The molecule has 1 saturated heterocycles. The Morgan fingerprint density at radius 3 is 2.40 bits per heavy atom. The predicted molar refractivity (Wildman–Crippen MR) is 145 cm³/mol. The summed E-state index contributed by atoms with van der Waals surface area (Å²) < 4.78 is 2.46. The maximum absolute atomic E-state index is 9.79. The van der Waals surface area contributed by atoms with E-state index >= 15 is 0 Å². The molecule has 0 spiro atoms. The maximum atomic E-state index is 9.79. The molecule has 0 amide bonds. The van der Waals surface area contributed by atoms with Crippen LogP contribution in [0.5, 0.6) is 0 Å². The highest BCUT2D eigenvalue weighted by Crippen LogP contribution is 2.37. The minimum atomic E-state index is -0.377. The van der Waals surface area contributed by atoms with Gasteiger partial charge in [0.1, 0.15) is 5.65 Å². The van der Waals surface area contributed by atoms with E-state index in [2.05, 4.69) is 73.1 Å². The SMILES string of the molecule is CB(O)N1CCN(c2ccc(Nc3ncc4c5ccccc5n(C5CCCCC5)c4n3)cc2)CC1. The largest absolute Gasteiger partial charge is 0.437 e. The smallest absolute Gasteiger partial charge is 0.376 e. The Balaban J connectivity index is 1.25. The first-order valence-corrected chi connectivity index (χ1v) is 13.0. The Labute approximate surface area is 206 Å². The number of rotatable bonds is 5. The zero-order valence-electron chi connectivity index (χ0n) is 20.4. The summed E-state index contributed by atoms with van der Waals surface area (Å²) in [5.74, 6) is 0.635. The Hall–Kier alpha value is -3.10. The molecule has 0 atom stereocenters. The van der Waals surface area contributed by atoms with Gasteiger partial charge in [-0.1, -0.05) is 37.5 Å². The van der Waals surface area contributed by atoms with E-state index in [4.69, 9.17) is 4.98 Å². The number of hydrogen-bond donors (Lipinski definition) is 2. The lowest BCUT2D eigenvalue weighted by atomic mass is 9.84. The van der Waals surface area contributed by atoms with Gasteiger partial charge in [0.15, 0.2) is 0 Å². The Bertz CT molecular complexity index is 1310. The molecular weight excluding hydrogens is 435 g/mol. The van der Waals surface area contributed by atoms with Crippen molar-refractivity contribution in [1.29, 1.82) is 0 Å². The molecule has 1 aliphatic heterocycles.